The molecule has 4 rings (SSSR count). The molecular formula is C25H24N2O4. The van der Waals surface area contributed by atoms with Gasteiger partial charge in [0.15, 0.2) is 11.5 Å². The maximum Gasteiger partial charge on any atom is 0.255 e. The lowest BCUT2D eigenvalue weighted by Gasteiger charge is -2.26. The van der Waals surface area contributed by atoms with Crippen molar-refractivity contribution in [3.63, 3.8) is 0 Å². The third-order valence-corrected chi connectivity index (χ3v) is 5.06. The van der Waals surface area contributed by atoms with Gasteiger partial charge >= 0.3 is 0 Å². The summed E-state index contributed by atoms with van der Waals surface area (Å²) in [4.78, 5) is 24.7. The average Bonchev–Trinajstić information content (AvgIpc) is 2.80. The molecule has 2 N–H and O–H groups in total. The van der Waals surface area contributed by atoms with E-state index >= 15 is 0 Å². The lowest BCUT2D eigenvalue weighted by atomic mass is 10.1. The van der Waals surface area contributed by atoms with Crippen molar-refractivity contribution in [3.05, 3.63) is 83.9 Å². The Morgan fingerprint density at radius 2 is 1.68 bits per heavy atom. The number of anilines is 2. The summed E-state index contributed by atoms with van der Waals surface area (Å²) < 4.78 is 11.6. The van der Waals surface area contributed by atoms with Crippen LogP contribution in [0.2, 0.25) is 0 Å². The number of carbonyl (C=O) groups is 2. The SMILES string of the molecule is Cc1cc(NC(=O)CCC2COc3ccccc3O2)ccc1NC(=O)c1ccccc1. The summed E-state index contributed by atoms with van der Waals surface area (Å²) in [5, 5.41) is 5.81. The van der Waals surface area contributed by atoms with Crippen LogP contribution >= 0.6 is 0 Å². The first-order valence-electron chi connectivity index (χ1n) is 10.2. The van der Waals surface area contributed by atoms with E-state index in [1.165, 1.54) is 0 Å². The molecule has 0 radical (unpaired) electrons. The largest absolute Gasteiger partial charge is 0.486 e. The zero-order chi connectivity index (χ0) is 21.6. The molecule has 2 amide bonds. The van der Waals surface area contributed by atoms with Crippen LogP contribution in [0.3, 0.4) is 0 Å². The second-order valence-corrected chi connectivity index (χ2v) is 7.43. The Labute approximate surface area is 181 Å². The van der Waals surface area contributed by atoms with Gasteiger partial charge in [-0.05, 0) is 61.4 Å². The van der Waals surface area contributed by atoms with Crippen LogP contribution in [-0.2, 0) is 4.79 Å². The van der Waals surface area contributed by atoms with Crippen molar-refractivity contribution in [1.82, 2.24) is 0 Å². The monoisotopic (exact) mass is 416 g/mol. The zero-order valence-electron chi connectivity index (χ0n) is 17.3. The van der Waals surface area contributed by atoms with Gasteiger partial charge < -0.3 is 20.1 Å². The van der Waals surface area contributed by atoms with Crippen molar-refractivity contribution in [3.8, 4) is 11.5 Å². The van der Waals surface area contributed by atoms with Crippen LogP contribution < -0.4 is 20.1 Å². The lowest BCUT2D eigenvalue weighted by Crippen LogP contribution is -2.30. The highest BCUT2D eigenvalue weighted by Gasteiger charge is 2.21. The highest BCUT2D eigenvalue weighted by atomic mass is 16.6. The van der Waals surface area contributed by atoms with Gasteiger partial charge in [0, 0.05) is 23.4 Å². The number of para-hydroxylation sites is 2. The first-order chi connectivity index (χ1) is 15.1. The molecule has 3 aromatic rings. The summed E-state index contributed by atoms with van der Waals surface area (Å²) in [5.41, 5.74) is 2.85. The van der Waals surface area contributed by atoms with Gasteiger partial charge in [0.1, 0.15) is 12.7 Å². The second-order valence-electron chi connectivity index (χ2n) is 7.43. The van der Waals surface area contributed by atoms with Gasteiger partial charge in [-0.3, -0.25) is 9.59 Å². The maximum absolute atomic E-state index is 12.4. The molecule has 1 aliphatic heterocycles. The molecule has 6 heteroatoms. The first-order valence-corrected chi connectivity index (χ1v) is 10.2. The zero-order valence-corrected chi connectivity index (χ0v) is 17.3. The number of aryl methyl sites for hydroxylation is 1. The molecule has 1 unspecified atom stereocenters. The Balaban J connectivity index is 1.29. The highest BCUT2D eigenvalue weighted by molar-refractivity contribution is 6.04. The molecule has 0 aromatic heterocycles. The molecule has 6 nitrogen and oxygen atoms in total. The van der Waals surface area contributed by atoms with Gasteiger partial charge in [-0.1, -0.05) is 30.3 Å². The Kier molecular flexibility index (Phi) is 6.17. The molecule has 0 saturated carbocycles. The van der Waals surface area contributed by atoms with Gasteiger partial charge in [0.25, 0.3) is 5.91 Å². The van der Waals surface area contributed by atoms with Crippen molar-refractivity contribution < 1.29 is 19.1 Å². The quantitative estimate of drug-likeness (QED) is 0.605. The molecule has 0 aliphatic carbocycles. The van der Waals surface area contributed by atoms with Crippen LogP contribution in [0.1, 0.15) is 28.8 Å². The molecule has 0 saturated heterocycles. The number of hydrogen-bond acceptors (Lipinski definition) is 4. The summed E-state index contributed by atoms with van der Waals surface area (Å²) >= 11 is 0. The van der Waals surface area contributed by atoms with Crippen molar-refractivity contribution in [1.29, 1.82) is 0 Å². The average molecular weight is 416 g/mol. The van der Waals surface area contributed by atoms with Crippen LogP contribution in [0.5, 0.6) is 11.5 Å². The fourth-order valence-corrected chi connectivity index (χ4v) is 3.39. The third-order valence-electron chi connectivity index (χ3n) is 5.06. The normalized spacial score (nSPS) is 14.5. The molecule has 0 spiro atoms. The van der Waals surface area contributed by atoms with E-state index in [0.717, 1.165) is 11.3 Å². The minimum Gasteiger partial charge on any atom is -0.486 e. The topological polar surface area (TPSA) is 76.7 Å². The van der Waals surface area contributed by atoms with Crippen molar-refractivity contribution in [2.45, 2.75) is 25.9 Å². The lowest BCUT2D eigenvalue weighted by molar-refractivity contribution is -0.116. The molecule has 1 atom stereocenters. The van der Waals surface area contributed by atoms with Crippen molar-refractivity contribution in [2.24, 2.45) is 0 Å². The van der Waals surface area contributed by atoms with Crippen LogP contribution in [0, 0.1) is 6.92 Å². The second kappa shape index (κ2) is 9.34. The van der Waals surface area contributed by atoms with Crippen LogP contribution in [0.15, 0.2) is 72.8 Å². The summed E-state index contributed by atoms with van der Waals surface area (Å²) in [6, 6.07) is 22.0. The maximum atomic E-state index is 12.4. The molecule has 31 heavy (non-hydrogen) atoms. The third kappa shape index (κ3) is 5.22. The van der Waals surface area contributed by atoms with Gasteiger partial charge in [0.2, 0.25) is 5.91 Å². The van der Waals surface area contributed by atoms with Crippen LogP contribution in [-0.4, -0.2) is 24.5 Å². The van der Waals surface area contributed by atoms with Crippen molar-refractivity contribution >= 4 is 23.2 Å². The van der Waals surface area contributed by atoms with E-state index in [-0.39, 0.29) is 17.9 Å². The van der Waals surface area contributed by atoms with Gasteiger partial charge in [0.05, 0.1) is 0 Å². The molecule has 0 fully saturated rings. The number of nitrogens with one attached hydrogen (secondary N) is 2. The van der Waals surface area contributed by atoms with E-state index in [0.29, 0.717) is 42.1 Å². The van der Waals surface area contributed by atoms with Crippen LogP contribution in [0.4, 0.5) is 11.4 Å². The number of ether oxygens (including phenoxy) is 2. The number of amides is 2. The Morgan fingerprint density at radius 3 is 2.45 bits per heavy atom. The molecular weight excluding hydrogens is 392 g/mol. The fourth-order valence-electron chi connectivity index (χ4n) is 3.39. The van der Waals surface area contributed by atoms with Gasteiger partial charge in [-0.2, -0.15) is 0 Å². The summed E-state index contributed by atoms with van der Waals surface area (Å²) in [7, 11) is 0. The van der Waals surface area contributed by atoms with E-state index in [1.54, 1.807) is 24.3 Å². The number of fused-ring (bicyclic) bond motifs is 1. The predicted molar refractivity (Wildman–Crippen MR) is 120 cm³/mol. The molecule has 1 aliphatic rings. The minimum atomic E-state index is -0.170. The molecule has 3 aromatic carbocycles. The van der Waals surface area contributed by atoms with E-state index in [9.17, 15) is 9.59 Å². The number of carbonyl (C=O) groups excluding carboxylic acids is 2. The van der Waals surface area contributed by atoms with Gasteiger partial charge in [-0.15, -0.1) is 0 Å². The smallest absolute Gasteiger partial charge is 0.255 e. The molecule has 0 bridgehead atoms. The van der Waals surface area contributed by atoms with Crippen molar-refractivity contribution in [2.75, 3.05) is 17.2 Å². The minimum absolute atomic E-state index is 0.0945. The highest BCUT2D eigenvalue weighted by Crippen LogP contribution is 2.31. The number of hydrogen-bond donors (Lipinski definition) is 2. The number of rotatable bonds is 6. The summed E-state index contributed by atoms with van der Waals surface area (Å²) in [5.74, 6) is 1.18. The van der Waals surface area contributed by atoms with E-state index in [4.69, 9.17) is 9.47 Å². The summed E-state index contributed by atoms with van der Waals surface area (Å²) in [6.45, 7) is 2.32. The Bertz CT molecular complexity index is 1080. The van der Waals surface area contributed by atoms with Gasteiger partial charge in [-0.25, -0.2) is 0 Å². The summed E-state index contributed by atoms with van der Waals surface area (Å²) in [6.07, 6.45) is 0.726. The molecule has 158 valence electrons. The van der Waals surface area contributed by atoms with E-state index in [1.807, 2.05) is 55.5 Å². The predicted octanol–water partition coefficient (Wildman–Crippen LogP) is 4.81. The number of benzene rings is 3. The van der Waals surface area contributed by atoms with E-state index in [2.05, 4.69) is 10.6 Å². The molecule has 1 heterocycles. The first kappa shape index (κ1) is 20.5. The van der Waals surface area contributed by atoms with Crippen LogP contribution in [0.25, 0.3) is 0 Å². The Hall–Kier alpha value is -3.80. The fraction of sp³-hybridized carbons (Fsp3) is 0.200. The van der Waals surface area contributed by atoms with E-state index < -0.39 is 0 Å². The standard InChI is InChI=1S/C25H24N2O4/c1-17-15-19(11-13-21(17)27-25(29)18-7-3-2-4-8-18)26-24(28)14-12-20-16-30-22-9-5-6-10-23(22)31-20/h2-11,13,15,20H,12,14,16H2,1H3,(H,26,28)(H,27,29). The Morgan fingerprint density at radius 1 is 0.935 bits per heavy atom.